The Morgan fingerprint density at radius 1 is 1.29 bits per heavy atom. The SMILES string of the molecule is CCCCN(C(=O)NCC1(C(=O)O)CC1)c1ccccc1. The molecule has 1 aliphatic rings. The number of carbonyl (C=O) groups excluding carboxylic acids is 1. The molecule has 1 aromatic rings. The van der Waals surface area contributed by atoms with E-state index >= 15 is 0 Å². The topological polar surface area (TPSA) is 69.6 Å². The van der Waals surface area contributed by atoms with Gasteiger partial charge in [-0.2, -0.15) is 0 Å². The Morgan fingerprint density at radius 3 is 2.48 bits per heavy atom. The highest BCUT2D eigenvalue weighted by Crippen LogP contribution is 2.45. The number of nitrogens with zero attached hydrogens (tertiary/aromatic N) is 1. The van der Waals surface area contributed by atoms with Crippen molar-refractivity contribution in [3.8, 4) is 0 Å². The van der Waals surface area contributed by atoms with Crippen LogP contribution in [0.3, 0.4) is 0 Å². The number of rotatable bonds is 7. The molecule has 0 radical (unpaired) electrons. The minimum atomic E-state index is -0.817. The number of hydrogen-bond acceptors (Lipinski definition) is 2. The van der Waals surface area contributed by atoms with Gasteiger partial charge < -0.3 is 10.4 Å². The molecule has 2 N–H and O–H groups in total. The van der Waals surface area contributed by atoms with Gasteiger partial charge in [-0.05, 0) is 31.4 Å². The molecule has 0 aliphatic heterocycles. The summed E-state index contributed by atoms with van der Waals surface area (Å²) < 4.78 is 0. The van der Waals surface area contributed by atoms with Crippen LogP contribution in [0.1, 0.15) is 32.6 Å². The highest BCUT2D eigenvalue weighted by atomic mass is 16.4. The molecule has 0 aromatic heterocycles. The Balaban J connectivity index is 1.99. The number of carboxylic acids is 1. The Kier molecular flexibility index (Phi) is 4.83. The van der Waals surface area contributed by atoms with Crippen molar-refractivity contribution in [2.45, 2.75) is 32.6 Å². The molecule has 2 rings (SSSR count). The van der Waals surface area contributed by atoms with Gasteiger partial charge in [-0.15, -0.1) is 0 Å². The molecular formula is C16H22N2O3. The predicted molar refractivity (Wildman–Crippen MR) is 81.4 cm³/mol. The van der Waals surface area contributed by atoms with Crippen molar-refractivity contribution in [2.75, 3.05) is 18.0 Å². The van der Waals surface area contributed by atoms with Crippen molar-refractivity contribution < 1.29 is 14.7 Å². The highest BCUT2D eigenvalue weighted by Gasteiger charge is 2.50. The minimum Gasteiger partial charge on any atom is -0.481 e. The first-order chi connectivity index (χ1) is 10.1. The predicted octanol–water partition coefficient (Wildman–Crippen LogP) is 2.87. The molecule has 2 amide bonds. The zero-order valence-electron chi connectivity index (χ0n) is 12.3. The third kappa shape index (κ3) is 3.74. The van der Waals surface area contributed by atoms with Crippen LogP contribution in [0.15, 0.2) is 30.3 Å². The summed E-state index contributed by atoms with van der Waals surface area (Å²) in [5.74, 6) is -0.817. The van der Waals surface area contributed by atoms with Crippen LogP contribution in [0, 0.1) is 5.41 Å². The van der Waals surface area contributed by atoms with E-state index in [0.717, 1.165) is 18.5 Å². The van der Waals surface area contributed by atoms with Crippen LogP contribution in [-0.2, 0) is 4.79 Å². The number of nitrogens with one attached hydrogen (secondary N) is 1. The molecular weight excluding hydrogens is 268 g/mol. The lowest BCUT2D eigenvalue weighted by atomic mass is 10.1. The summed E-state index contributed by atoms with van der Waals surface area (Å²) in [5.41, 5.74) is 0.103. The van der Waals surface area contributed by atoms with Crippen LogP contribution in [0.4, 0.5) is 10.5 Å². The average Bonchev–Trinajstić information content (AvgIpc) is 3.28. The summed E-state index contributed by atoms with van der Waals surface area (Å²) in [7, 11) is 0. The van der Waals surface area contributed by atoms with Crippen molar-refractivity contribution in [2.24, 2.45) is 5.41 Å². The first-order valence-corrected chi connectivity index (χ1v) is 7.43. The fraction of sp³-hybridized carbons (Fsp3) is 0.500. The van der Waals surface area contributed by atoms with E-state index in [-0.39, 0.29) is 12.6 Å². The molecule has 1 saturated carbocycles. The van der Waals surface area contributed by atoms with Gasteiger partial charge in [-0.1, -0.05) is 31.5 Å². The number of amides is 2. The van der Waals surface area contributed by atoms with Crippen LogP contribution >= 0.6 is 0 Å². The normalized spacial score (nSPS) is 15.3. The van der Waals surface area contributed by atoms with E-state index < -0.39 is 11.4 Å². The summed E-state index contributed by atoms with van der Waals surface area (Å²) >= 11 is 0. The number of aliphatic carboxylic acids is 1. The standard InChI is InChI=1S/C16H22N2O3/c1-2-3-11-18(13-7-5-4-6-8-13)15(21)17-12-16(9-10-16)14(19)20/h4-8H,2-3,9-12H2,1H3,(H,17,21)(H,19,20). The van der Waals surface area contributed by atoms with Crippen LogP contribution in [0.2, 0.25) is 0 Å². The van der Waals surface area contributed by atoms with Crippen molar-refractivity contribution >= 4 is 17.7 Å². The summed E-state index contributed by atoms with van der Waals surface area (Å²) in [6.07, 6.45) is 3.19. The zero-order chi connectivity index (χ0) is 15.3. The fourth-order valence-corrected chi connectivity index (χ4v) is 2.23. The number of anilines is 1. The van der Waals surface area contributed by atoms with E-state index in [1.54, 1.807) is 4.90 Å². The van der Waals surface area contributed by atoms with Gasteiger partial charge in [0.15, 0.2) is 0 Å². The quantitative estimate of drug-likeness (QED) is 0.811. The summed E-state index contributed by atoms with van der Waals surface area (Å²) in [5, 5.41) is 11.9. The van der Waals surface area contributed by atoms with Crippen molar-refractivity contribution in [1.29, 1.82) is 0 Å². The van der Waals surface area contributed by atoms with E-state index in [1.165, 1.54) is 0 Å². The summed E-state index contributed by atoms with van der Waals surface area (Å²) in [4.78, 5) is 25.2. The Morgan fingerprint density at radius 2 is 1.95 bits per heavy atom. The number of carbonyl (C=O) groups is 2. The van der Waals surface area contributed by atoms with Gasteiger partial charge in [0.1, 0.15) is 0 Å². The smallest absolute Gasteiger partial charge is 0.321 e. The van der Waals surface area contributed by atoms with Crippen molar-refractivity contribution in [1.82, 2.24) is 5.32 Å². The van der Waals surface area contributed by atoms with Crippen LogP contribution in [-0.4, -0.2) is 30.2 Å². The lowest BCUT2D eigenvalue weighted by Crippen LogP contribution is -2.44. The van der Waals surface area contributed by atoms with Crippen LogP contribution in [0.5, 0.6) is 0 Å². The largest absolute Gasteiger partial charge is 0.481 e. The van der Waals surface area contributed by atoms with Gasteiger partial charge >= 0.3 is 12.0 Å². The van der Waals surface area contributed by atoms with Crippen LogP contribution in [0.25, 0.3) is 0 Å². The van der Waals surface area contributed by atoms with Gasteiger partial charge in [0.05, 0.1) is 5.41 Å². The number of urea groups is 1. The van der Waals surface area contributed by atoms with E-state index in [2.05, 4.69) is 12.2 Å². The lowest BCUT2D eigenvalue weighted by Gasteiger charge is -2.24. The average molecular weight is 290 g/mol. The van der Waals surface area contributed by atoms with Crippen molar-refractivity contribution in [3.05, 3.63) is 30.3 Å². The Labute approximate surface area is 125 Å². The maximum atomic E-state index is 12.4. The maximum Gasteiger partial charge on any atom is 0.321 e. The molecule has 0 spiro atoms. The number of hydrogen-bond donors (Lipinski definition) is 2. The lowest BCUT2D eigenvalue weighted by molar-refractivity contribution is -0.143. The fourth-order valence-electron chi connectivity index (χ4n) is 2.23. The minimum absolute atomic E-state index is 0.205. The van der Waals surface area contributed by atoms with Gasteiger partial charge in [-0.3, -0.25) is 9.69 Å². The van der Waals surface area contributed by atoms with Gasteiger partial charge in [0.2, 0.25) is 0 Å². The van der Waals surface area contributed by atoms with Gasteiger partial charge in [0.25, 0.3) is 0 Å². The molecule has 0 heterocycles. The molecule has 5 heteroatoms. The molecule has 1 fully saturated rings. The molecule has 0 atom stereocenters. The third-order valence-electron chi connectivity index (χ3n) is 3.93. The van der Waals surface area contributed by atoms with E-state index in [4.69, 9.17) is 5.11 Å². The van der Waals surface area contributed by atoms with Gasteiger partial charge in [-0.25, -0.2) is 4.79 Å². The molecule has 5 nitrogen and oxygen atoms in total. The monoisotopic (exact) mass is 290 g/mol. The molecule has 0 saturated heterocycles. The second-order valence-electron chi connectivity index (χ2n) is 5.58. The van der Waals surface area contributed by atoms with Gasteiger partial charge in [0, 0.05) is 18.8 Å². The second-order valence-corrected chi connectivity index (χ2v) is 5.58. The number of carboxylic acid groups (broad SMARTS) is 1. The Hall–Kier alpha value is -2.04. The van der Waals surface area contributed by atoms with Crippen LogP contribution < -0.4 is 10.2 Å². The summed E-state index contributed by atoms with van der Waals surface area (Å²) in [6, 6.07) is 9.24. The zero-order valence-corrected chi connectivity index (χ0v) is 12.3. The second kappa shape index (κ2) is 6.61. The maximum absolute atomic E-state index is 12.4. The highest BCUT2D eigenvalue weighted by molar-refractivity contribution is 5.92. The first-order valence-electron chi connectivity index (χ1n) is 7.43. The number of benzene rings is 1. The molecule has 0 bridgehead atoms. The summed E-state index contributed by atoms with van der Waals surface area (Å²) in [6.45, 7) is 2.91. The number of unbranched alkanes of at least 4 members (excludes halogenated alkanes) is 1. The molecule has 21 heavy (non-hydrogen) atoms. The van der Waals surface area contributed by atoms with E-state index in [9.17, 15) is 9.59 Å². The molecule has 1 aromatic carbocycles. The number of para-hydroxylation sites is 1. The Bertz CT molecular complexity index is 498. The molecule has 0 unspecified atom stereocenters. The first kappa shape index (κ1) is 15.4. The van der Waals surface area contributed by atoms with E-state index in [1.807, 2.05) is 30.3 Å². The third-order valence-corrected chi connectivity index (χ3v) is 3.93. The molecule has 114 valence electrons. The van der Waals surface area contributed by atoms with E-state index in [0.29, 0.717) is 19.4 Å². The van der Waals surface area contributed by atoms with Crippen molar-refractivity contribution in [3.63, 3.8) is 0 Å². The molecule has 1 aliphatic carbocycles.